The van der Waals surface area contributed by atoms with Crippen molar-refractivity contribution in [2.45, 2.75) is 9.79 Å². The number of hydrogen-bond donors (Lipinski definition) is 0. The lowest BCUT2D eigenvalue weighted by Gasteiger charge is -2.25. The molecule has 0 aliphatic heterocycles. The topological polar surface area (TPSA) is 71.5 Å². The van der Waals surface area contributed by atoms with E-state index in [0.29, 0.717) is 12.3 Å². The minimum absolute atomic E-state index is 0.00714. The Kier molecular flexibility index (Phi) is 5.80. The van der Waals surface area contributed by atoms with Gasteiger partial charge in [-0.15, -0.1) is 0 Å². The zero-order valence-corrected chi connectivity index (χ0v) is 18.2. The highest BCUT2D eigenvalue weighted by Gasteiger charge is 2.37. The van der Waals surface area contributed by atoms with Crippen LogP contribution in [0.3, 0.4) is 0 Å². The van der Waals surface area contributed by atoms with Crippen molar-refractivity contribution in [2.75, 3.05) is 3.71 Å². The van der Waals surface area contributed by atoms with Gasteiger partial charge in [0.15, 0.2) is 0 Å². The fourth-order valence-corrected chi connectivity index (χ4v) is 7.61. The monoisotopic (exact) mass is 533 g/mol. The number of sulfonamides is 2. The van der Waals surface area contributed by atoms with Crippen LogP contribution in [-0.2, 0) is 20.0 Å². The largest absolute Gasteiger partial charge is 0.277 e. The van der Waals surface area contributed by atoms with Gasteiger partial charge in [-0.05, 0) is 65.1 Å². The number of halogens is 2. The molecule has 0 aromatic heterocycles. The smallest absolute Gasteiger partial charge is 0.200 e. The fraction of sp³-hybridized carbons (Fsp3) is 0. The summed E-state index contributed by atoms with van der Waals surface area (Å²) in [7, 11) is -8.80. The van der Waals surface area contributed by atoms with E-state index in [1.54, 1.807) is 12.1 Å². The van der Waals surface area contributed by atoms with Crippen molar-refractivity contribution >= 4 is 59.9 Å². The van der Waals surface area contributed by atoms with Crippen molar-refractivity contribution in [2.24, 2.45) is 0 Å². The first-order valence-corrected chi connectivity index (χ1v) is 11.9. The van der Waals surface area contributed by atoms with Gasteiger partial charge < -0.3 is 0 Å². The van der Waals surface area contributed by atoms with Gasteiger partial charge >= 0.3 is 0 Å². The number of benzene rings is 3. The molecule has 9 heteroatoms. The third kappa shape index (κ3) is 3.98. The molecular weight excluding hydrogens is 521 g/mol. The van der Waals surface area contributed by atoms with Crippen molar-refractivity contribution in [1.29, 1.82) is 0 Å². The predicted molar refractivity (Wildman–Crippen MR) is 114 cm³/mol. The molecule has 0 unspecified atom stereocenters. The van der Waals surface area contributed by atoms with E-state index in [9.17, 15) is 16.8 Å². The standard InChI is InChI=1S/C18H13ClINO4S2/c19-14-11-12-18(17(20)13-14)21(26(22,23)15-7-3-1-4-8-15)27(24,25)16-9-5-2-6-10-16/h1-13H. The lowest BCUT2D eigenvalue weighted by atomic mass is 10.3. The summed E-state index contributed by atoms with van der Waals surface area (Å²) in [6.07, 6.45) is 0. The van der Waals surface area contributed by atoms with E-state index >= 15 is 0 Å². The summed E-state index contributed by atoms with van der Waals surface area (Å²) in [6.45, 7) is 0. The molecule has 0 aliphatic carbocycles. The molecule has 0 radical (unpaired) electrons. The van der Waals surface area contributed by atoms with E-state index in [1.807, 2.05) is 22.6 Å². The van der Waals surface area contributed by atoms with E-state index in [-0.39, 0.29) is 15.5 Å². The molecule has 3 aromatic carbocycles. The maximum absolute atomic E-state index is 13.3. The molecule has 0 bridgehead atoms. The second-order valence-electron chi connectivity index (χ2n) is 5.43. The lowest BCUT2D eigenvalue weighted by molar-refractivity contribution is 0.584. The van der Waals surface area contributed by atoms with Crippen LogP contribution in [-0.4, -0.2) is 16.8 Å². The van der Waals surface area contributed by atoms with E-state index in [1.165, 1.54) is 66.7 Å². The molecule has 0 aliphatic rings. The van der Waals surface area contributed by atoms with Crippen LogP contribution in [0.2, 0.25) is 5.02 Å². The quantitative estimate of drug-likeness (QED) is 0.452. The predicted octanol–water partition coefficient (Wildman–Crippen LogP) is 4.53. The summed E-state index contributed by atoms with van der Waals surface area (Å²) in [4.78, 5) is -0.259. The van der Waals surface area contributed by atoms with E-state index in [0.717, 1.165) is 0 Å². The van der Waals surface area contributed by atoms with Crippen LogP contribution in [0, 0.1) is 3.57 Å². The van der Waals surface area contributed by atoms with Crippen molar-refractivity contribution in [3.8, 4) is 0 Å². The first-order chi connectivity index (χ1) is 12.7. The molecule has 0 amide bonds. The summed E-state index contributed by atoms with van der Waals surface area (Å²) < 4.78 is 54.1. The minimum atomic E-state index is -4.40. The summed E-state index contributed by atoms with van der Waals surface area (Å²) in [5.74, 6) is 0. The molecule has 27 heavy (non-hydrogen) atoms. The maximum Gasteiger partial charge on any atom is 0.277 e. The molecule has 0 spiro atoms. The van der Waals surface area contributed by atoms with Gasteiger partial charge in [-0.3, -0.25) is 0 Å². The SMILES string of the molecule is O=S(=O)(c1ccccc1)N(c1ccc(Cl)cc1I)S(=O)(=O)c1ccccc1. The van der Waals surface area contributed by atoms with Crippen molar-refractivity contribution < 1.29 is 16.8 Å². The summed E-state index contributed by atoms with van der Waals surface area (Å²) >= 11 is 7.83. The highest BCUT2D eigenvalue weighted by Crippen LogP contribution is 2.35. The second-order valence-corrected chi connectivity index (χ2v) is 10.8. The highest BCUT2D eigenvalue weighted by atomic mass is 127. The molecule has 0 fully saturated rings. The number of hydrogen-bond acceptors (Lipinski definition) is 4. The molecule has 0 N–H and O–H groups in total. The van der Waals surface area contributed by atoms with E-state index in [4.69, 9.17) is 11.6 Å². The van der Waals surface area contributed by atoms with E-state index in [2.05, 4.69) is 0 Å². The average molecular weight is 534 g/mol. The van der Waals surface area contributed by atoms with Crippen LogP contribution in [0.1, 0.15) is 0 Å². The molecule has 0 atom stereocenters. The van der Waals surface area contributed by atoms with Crippen LogP contribution >= 0.6 is 34.2 Å². The average Bonchev–Trinajstić information content (AvgIpc) is 2.65. The minimum Gasteiger partial charge on any atom is -0.200 e. The Balaban J connectivity index is 2.31. The van der Waals surface area contributed by atoms with Crippen LogP contribution in [0.15, 0.2) is 88.7 Å². The highest BCUT2D eigenvalue weighted by molar-refractivity contribution is 14.1. The van der Waals surface area contributed by atoms with Gasteiger partial charge in [-0.2, -0.15) is 3.71 Å². The Hall–Kier alpha value is -1.62. The van der Waals surface area contributed by atoms with Crippen molar-refractivity contribution in [1.82, 2.24) is 0 Å². The summed E-state index contributed by atoms with van der Waals surface area (Å²) in [6, 6.07) is 19.2. The van der Waals surface area contributed by atoms with Gasteiger partial charge in [0.1, 0.15) is 0 Å². The molecule has 0 heterocycles. The van der Waals surface area contributed by atoms with Gasteiger partial charge in [0.2, 0.25) is 0 Å². The van der Waals surface area contributed by atoms with Crippen molar-refractivity contribution in [3.63, 3.8) is 0 Å². The van der Waals surface area contributed by atoms with Gasteiger partial charge in [-0.1, -0.05) is 48.0 Å². The summed E-state index contributed by atoms with van der Waals surface area (Å²) in [5, 5.41) is 0.373. The lowest BCUT2D eigenvalue weighted by Crippen LogP contribution is -2.37. The Morgan fingerprint density at radius 3 is 1.56 bits per heavy atom. The van der Waals surface area contributed by atoms with Crippen LogP contribution in [0.5, 0.6) is 0 Å². The molecule has 5 nitrogen and oxygen atoms in total. The Bertz CT molecular complexity index is 1100. The zero-order valence-electron chi connectivity index (χ0n) is 13.7. The fourth-order valence-electron chi connectivity index (χ4n) is 2.39. The summed E-state index contributed by atoms with van der Waals surface area (Å²) in [5.41, 5.74) is 0.00714. The molecule has 3 rings (SSSR count). The third-order valence-electron chi connectivity index (χ3n) is 3.63. The number of anilines is 1. The second kappa shape index (κ2) is 7.78. The van der Waals surface area contributed by atoms with Gasteiger partial charge in [0.05, 0.1) is 15.5 Å². The van der Waals surface area contributed by atoms with Crippen LogP contribution < -0.4 is 3.71 Å². The van der Waals surface area contributed by atoms with Gasteiger partial charge in [-0.25, -0.2) is 16.8 Å². The molecular formula is C18H13ClINO4S2. The van der Waals surface area contributed by atoms with Crippen molar-refractivity contribution in [3.05, 3.63) is 87.5 Å². The first-order valence-electron chi connectivity index (χ1n) is 7.60. The van der Waals surface area contributed by atoms with E-state index < -0.39 is 20.0 Å². The molecule has 0 saturated heterocycles. The Morgan fingerprint density at radius 2 is 1.15 bits per heavy atom. The Morgan fingerprint density at radius 1 is 0.704 bits per heavy atom. The van der Waals surface area contributed by atoms with Crippen LogP contribution in [0.4, 0.5) is 5.69 Å². The molecule has 140 valence electrons. The van der Waals surface area contributed by atoms with Gasteiger partial charge in [0, 0.05) is 8.59 Å². The normalized spacial score (nSPS) is 11.9. The Labute approximate surface area is 176 Å². The first kappa shape index (κ1) is 20.1. The number of nitrogens with zero attached hydrogens (tertiary/aromatic N) is 1. The molecule has 3 aromatic rings. The van der Waals surface area contributed by atoms with Gasteiger partial charge in [0.25, 0.3) is 20.0 Å². The van der Waals surface area contributed by atoms with Crippen LogP contribution in [0.25, 0.3) is 0 Å². The zero-order chi connectivity index (χ0) is 19.7. The maximum atomic E-state index is 13.3. The number of rotatable bonds is 5. The third-order valence-corrected chi connectivity index (χ3v) is 8.90. The molecule has 0 saturated carbocycles.